The molecule has 0 unspecified atom stereocenters. The molecule has 0 aliphatic carbocycles. The minimum Gasteiger partial charge on any atom is -0.454 e. The zero-order valence-electron chi connectivity index (χ0n) is 12.4. The van der Waals surface area contributed by atoms with Crippen molar-refractivity contribution in [2.75, 3.05) is 19.0 Å². The SMILES string of the molecule is O=C(CCCCCCl)OC1(c2ccccc2)CCNCC1. The van der Waals surface area contributed by atoms with Crippen LogP contribution in [0.4, 0.5) is 0 Å². The van der Waals surface area contributed by atoms with Crippen molar-refractivity contribution in [1.29, 1.82) is 0 Å². The molecule has 2 rings (SSSR count). The summed E-state index contributed by atoms with van der Waals surface area (Å²) >= 11 is 5.65. The highest BCUT2D eigenvalue weighted by molar-refractivity contribution is 6.17. The quantitative estimate of drug-likeness (QED) is 0.475. The summed E-state index contributed by atoms with van der Waals surface area (Å²) in [5, 5.41) is 3.34. The molecule has 4 heteroatoms. The Bertz CT molecular complexity index is 430. The molecule has 0 saturated carbocycles. The van der Waals surface area contributed by atoms with Crippen molar-refractivity contribution in [2.45, 2.75) is 44.1 Å². The molecule has 3 nitrogen and oxygen atoms in total. The third-order valence-electron chi connectivity index (χ3n) is 4.03. The molecular weight excluding hydrogens is 286 g/mol. The van der Waals surface area contributed by atoms with Crippen LogP contribution in [0.2, 0.25) is 0 Å². The normalized spacial score (nSPS) is 17.4. The molecule has 0 amide bonds. The van der Waals surface area contributed by atoms with E-state index in [9.17, 15) is 4.79 Å². The second-order valence-electron chi connectivity index (χ2n) is 5.58. The molecule has 0 bridgehead atoms. The maximum absolute atomic E-state index is 12.2. The molecule has 1 heterocycles. The van der Waals surface area contributed by atoms with Gasteiger partial charge in [-0.2, -0.15) is 0 Å². The van der Waals surface area contributed by atoms with E-state index in [1.165, 1.54) is 0 Å². The smallest absolute Gasteiger partial charge is 0.306 e. The Balaban J connectivity index is 1.98. The van der Waals surface area contributed by atoms with Gasteiger partial charge >= 0.3 is 5.97 Å². The minimum atomic E-state index is -0.448. The van der Waals surface area contributed by atoms with Gasteiger partial charge < -0.3 is 10.1 Å². The first-order valence-electron chi connectivity index (χ1n) is 7.81. The highest BCUT2D eigenvalue weighted by Crippen LogP contribution is 2.35. The number of nitrogens with one attached hydrogen (secondary N) is 1. The van der Waals surface area contributed by atoms with Gasteiger partial charge in [-0.1, -0.05) is 36.8 Å². The lowest BCUT2D eigenvalue weighted by molar-refractivity contribution is -0.164. The van der Waals surface area contributed by atoms with E-state index in [4.69, 9.17) is 16.3 Å². The monoisotopic (exact) mass is 309 g/mol. The predicted molar refractivity (Wildman–Crippen MR) is 85.5 cm³/mol. The van der Waals surface area contributed by atoms with E-state index in [0.717, 1.165) is 50.8 Å². The van der Waals surface area contributed by atoms with Crippen molar-refractivity contribution < 1.29 is 9.53 Å². The molecular formula is C17H24ClNO2. The van der Waals surface area contributed by atoms with E-state index >= 15 is 0 Å². The Morgan fingerprint density at radius 2 is 1.86 bits per heavy atom. The number of hydrogen-bond donors (Lipinski definition) is 1. The first-order valence-corrected chi connectivity index (χ1v) is 8.34. The average Bonchev–Trinajstić information content (AvgIpc) is 2.53. The number of unbranched alkanes of at least 4 members (excludes halogenated alkanes) is 2. The molecule has 1 fully saturated rings. The van der Waals surface area contributed by atoms with Gasteiger partial charge in [0.1, 0.15) is 5.60 Å². The molecule has 1 saturated heterocycles. The maximum Gasteiger partial charge on any atom is 0.306 e. The van der Waals surface area contributed by atoms with Crippen LogP contribution < -0.4 is 5.32 Å². The Hall–Kier alpha value is -1.06. The molecule has 1 aromatic rings. The Labute approximate surface area is 132 Å². The number of halogens is 1. The Kier molecular flexibility index (Phi) is 6.52. The van der Waals surface area contributed by atoms with E-state index < -0.39 is 5.60 Å². The highest BCUT2D eigenvalue weighted by Gasteiger charge is 2.37. The molecule has 0 spiro atoms. The molecule has 0 atom stereocenters. The van der Waals surface area contributed by atoms with Gasteiger partial charge in [-0.05, 0) is 31.5 Å². The van der Waals surface area contributed by atoms with Crippen LogP contribution in [0.25, 0.3) is 0 Å². The minimum absolute atomic E-state index is 0.0877. The van der Waals surface area contributed by atoms with Crippen LogP contribution in [-0.2, 0) is 15.1 Å². The van der Waals surface area contributed by atoms with Crippen LogP contribution >= 0.6 is 11.6 Å². The van der Waals surface area contributed by atoms with Gasteiger partial charge in [-0.25, -0.2) is 0 Å². The zero-order valence-corrected chi connectivity index (χ0v) is 13.2. The Morgan fingerprint density at radius 3 is 2.52 bits per heavy atom. The van der Waals surface area contributed by atoms with E-state index in [2.05, 4.69) is 17.4 Å². The molecule has 0 aromatic heterocycles. The lowest BCUT2D eigenvalue weighted by Crippen LogP contribution is -2.43. The first-order chi connectivity index (χ1) is 10.3. The van der Waals surface area contributed by atoms with Gasteiger partial charge in [-0.3, -0.25) is 4.79 Å². The van der Waals surface area contributed by atoms with E-state index in [1.54, 1.807) is 0 Å². The lowest BCUT2D eigenvalue weighted by Gasteiger charge is -2.37. The number of rotatable bonds is 7. The van der Waals surface area contributed by atoms with Crippen molar-refractivity contribution >= 4 is 17.6 Å². The van der Waals surface area contributed by atoms with Crippen LogP contribution in [0.3, 0.4) is 0 Å². The highest BCUT2D eigenvalue weighted by atomic mass is 35.5. The van der Waals surface area contributed by atoms with Crippen LogP contribution in [-0.4, -0.2) is 24.9 Å². The molecule has 1 aliphatic heterocycles. The zero-order chi connectivity index (χ0) is 15.0. The summed E-state index contributed by atoms with van der Waals surface area (Å²) in [5.41, 5.74) is 0.663. The van der Waals surface area contributed by atoms with Crippen LogP contribution in [0.1, 0.15) is 44.1 Å². The van der Waals surface area contributed by atoms with E-state index in [1.807, 2.05) is 18.2 Å². The fourth-order valence-electron chi connectivity index (χ4n) is 2.83. The van der Waals surface area contributed by atoms with Crippen molar-refractivity contribution in [1.82, 2.24) is 5.32 Å². The number of benzene rings is 1. The molecule has 0 radical (unpaired) electrons. The standard InChI is InChI=1S/C17H24ClNO2/c18-12-6-2-5-9-16(20)21-17(10-13-19-14-11-17)15-7-3-1-4-8-15/h1,3-4,7-8,19H,2,5-6,9-14H2. The molecule has 1 N–H and O–H groups in total. The topological polar surface area (TPSA) is 38.3 Å². The second-order valence-corrected chi connectivity index (χ2v) is 5.96. The molecule has 21 heavy (non-hydrogen) atoms. The molecule has 1 aliphatic rings. The third kappa shape index (κ3) is 4.72. The van der Waals surface area contributed by atoms with Gasteiger partial charge in [0.2, 0.25) is 0 Å². The number of piperidine rings is 1. The third-order valence-corrected chi connectivity index (χ3v) is 4.30. The summed E-state index contributed by atoms with van der Waals surface area (Å²) < 4.78 is 5.93. The van der Waals surface area contributed by atoms with E-state index in [0.29, 0.717) is 12.3 Å². The number of carbonyl (C=O) groups excluding carboxylic acids is 1. The second kappa shape index (κ2) is 8.40. The van der Waals surface area contributed by atoms with Crippen LogP contribution in [0.15, 0.2) is 30.3 Å². The Morgan fingerprint density at radius 1 is 1.14 bits per heavy atom. The van der Waals surface area contributed by atoms with Gasteiger partial charge in [0.15, 0.2) is 0 Å². The number of carbonyl (C=O) groups is 1. The fourth-order valence-corrected chi connectivity index (χ4v) is 3.02. The largest absolute Gasteiger partial charge is 0.454 e. The number of ether oxygens (including phenoxy) is 1. The summed E-state index contributed by atoms with van der Waals surface area (Å²) in [7, 11) is 0. The lowest BCUT2D eigenvalue weighted by atomic mass is 9.84. The van der Waals surface area contributed by atoms with Gasteiger partial charge in [-0.15, -0.1) is 11.6 Å². The van der Waals surface area contributed by atoms with Gasteiger partial charge in [0, 0.05) is 25.1 Å². The van der Waals surface area contributed by atoms with Crippen LogP contribution in [0.5, 0.6) is 0 Å². The summed E-state index contributed by atoms with van der Waals surface area (Å²) in [6, 6.07) is 10.1. The predicted octanol–water partition coefficient (Wildman–Crippen LogP) is 3.61. The fraction of sp³-hybridized carbons (Fsp3) is 0.588. The number of hydrogen-bond acceptors (Lipinski definition) is 3. The van der Waals surface area contributed by atoms with Gasteiger partial charge in [0.25, 0.3) is 0 Å². The average molecular weight is 310 g/mol. The molecule has 116 valence electrons. The van der Waals surface area contributed by atoms with E-state index in [-0.39, 0.29) is 5.97 Å². The summed E-state index contributed by atoms with van der Waals surface area (Å²) in [6.07, 6.45) is 4.96. The number of alkyl halides is 1. The maximum atomic E-state index is 12.2. The number of esters is 1. The summed E-state index contributed by atoms with van der Waals surface area (Å²) in [6.45, 7) is 1.77. The van der Waals surface area contributed by atoms with Crippen molar-refractivity contribution in [3.05, 3.63) is 35.9 Å². The first kappa shape index (κ1) is 16.3. The van der Waals surface area contributed by atoms with Crippen LogP contribution in [0, 0.1) is 0 Å². The van der Waals surface area contributed by atoms with Crippen molar-refractivity contribution in [3.63, 3.8) is 0 Å². The van der Waals surface area contributed by atoms with Gasteiger partial charge in [0.05, 0.1) is 0 Å². The molecule has 1 aromatic carbocycles. The van der Waals surface area contributed by atoms with Crippen molar-refractivity contribution in [3.8, 4) is 0 Å². The summed E-state index contributed by atoms with van der Waals surface area (Å²) in [4.78, 5) is 12.2. The van der Waals surface area contributed by atoms with Crippen molar-refractivity contribution in [2.24, 2.45) is 0 Å². The summed E-state index contributed by atoms with van der Waals surface area (Å²) in [5.74, 6) is 0.574.